The standard InChI is InChI=1S/C10H10N2O3/c11-7-3-1-6(2-4-7)8(10(14)15)5-9(12)13/h1-5H,11H2,(H2,12,13)(H,14,15)/b8-5-. The van der Waals surface area contributed by atoms with Crippen LogP contribution in [0.1, 0.15) is 5.56 Å². The zero-order chi connectivity index (χ0) is 11.4. The summed E-state index contributed by atoms with van der Waals surface area (Å²) in [5.74, 6) is -2.01. The van der Waals surface area contributed by atoms with E-state index in [-0.39, 0.29) is 5.57 Å². The van der Waals surface area contributed by atoms with Crippen molar-refractivity contribution >= 4 is 23.1 Å². The predicted octanol–water partition coefficient (Wildman–Crippen LogP) is 0.222. The monoisotopic (exact) mass is 206 g/mol. The second kappa shape index (κ2) is 4.28. The van der Waals surface area contributed by atoms with Gasteiger partial charge in [0.05, 0.1) is 5.57 Å². The van der Waals surface area contributed by atoms with Crippen molar-refractivity contribution in [3.63, 3.8) is 0 Å². The van der Waals surface area contributed by atoms with Gasteiger partial charge in [-0.25, -0.2) is 4.79 Å². The van der Waals surface area contributed by atoms with Crippen LogP contribution in [0.3, 0.4) is 0 Å². The highest BCUT2D eigenvalue weighted by Gasteiger charge is 2.10. The lowest BCUT2D eigenvalue weighted by Gasteiger charge is -2.01. The molecule has 0 aliphatic carbocycles. The Labute approximate surface area is 86.0 Å². The fraction of sp³-hybridized carbons (Fsp3) is 0. The number of nitrogen functional groups attached to an aromatic ring is 1. The maximum atomic E-state index is 10.8. The van der Waals surface area contributed by atoms with Crippen LogP contribution < -0.4 is 11.5 Å². The van der Waals surface area contributed by atoms with Gasteiger partial charge in [-0.1, -0.05) is 12.1 Å². The van der Waals surface area contributed by atoms with Gasteiger partial charge in [0.25, 0.3) is 0 Å². The molecule has 0 saturated carbocycles. The number of rotatable bonds is 3. The lowest BCUT2D eigenvalue weighted by molar-refractivity contribution is -0.130. The number of hydrogen-bond donors (Lipinski definition) is 3. The number of amides is 1. The lowest BCUT2D eigenvalue weighted by Crippen LogP contribution is -2.10. The molecule has 5 N–H and O–H groups in total. The van der Waals surface area contributed by atoms with Crippen LogP contribution in [-0.2, 0) is 9.59 Å². The van der Waals surface area contributed by atoms with Gasteiger partial charge in [0.1, 0.15) is 0 Å². The van der Waals surface area contributed by atoms with Crippen LogP contribution in [-0.4, -0.2) is 17.0 Å². The van der Waals surface area contributed by atoms with E-state index in [1.807, 2.05) is 0 Å². The molecule has 1 rings (SSSR count). The molecule has 0 radical (unpaired) electrons. The fourth-order valence-electron chi connectivity index (χ4n) is 1.07. The smallest absolute Gasteiger partial charge is 0.336 e. The predicted molar refractivity (Wildman–Crippen MR) is 55.7 cm³/mol. The second-order valence-electron chi connectivity index (χ2n) is 2.89. The van der Waals surface area contributed by atoms with Crippen molar-refractivity contribution < 1.29 is 14.7 Å². The largest absolute Gasteiger partial charge is 0.478 e. The summed E-state index contributed by atoms with van der Waals surface area (Å²) in [7, 11) is 0. The Morgan fingerprint density at radius 1 is 1.20 bits per heavy atom. The number of hydrogen-bond acceptors (Lipinski definition) is 3. The summed E-state index contributed by atoms with van der Waals surface area (Å²) in [5.41, 5.74) is 11.1. The van der Waals surface area contributed by atoms with Crippen molar-refractivity contribution in [2.75, 3.05) is 5.73 Å². The zero-order valence-corrected chi connectivity index (χ0v) is 7.81. The van der Waals surface area contributed by atoms with E-state index in [1.54, 1.807) is 12.1 Å². The molecule has 0 aliphatic rings. The molecule has 1 amide bonds. The Kier molecular flexibility index (Phi) is 3.07. The first-order valence-corrected chi connectivity index (χ1v) is 4.11. The Morgan fingerprint density at radius 2 is 1.73 bits per heavy atom. The van der Waals surface area contributed by atoms with Gasteiger partial charge >= 0.3 is 5.97 Å². The zero-order valence-electron chi connectivity index (χ0n) is 7.81. The van der Waals surface area contributed by atoms with Crippen LogP contribution >= 0.6 is 0 Å². The normalized spacial score (nSPS) is 11.1. The van der Waals surface area contributed by atoms with E-state index in [2.05, 4.69) is 0 Å². The minimum Gasteiger partial charge on any atom is -0.478 e. The number of benzene rings is 1. The molecule has 0 bridgehead atoms. The van der Waals surface area contributed by atoms with Crippen molar-refractivity contribution in [2.45, 2.75) is 0 Å². The van der Waals surface area contributed by atoms with Gasteiger partial charge in [0, 0.05) is 11.8 Å². The Balaban J connectivity index is 3.16. The quantitative estimate of drug-likeness (QED) is 0.485. The summed E-state index contributed by atoms with van der Waals surface area (Å²) in [6.45, 7) is 0. The maximum Gasteiger partial charge on any atom is 0.336 e. The molecule has 5 nitrogen and oxygen atoms in total. The minimum absolute atomic E-state index is 0.150. The molecular formula is C10H10N2O3. The molecule has 0 atom stereocenters. The Hall–Kier alpha value is -2.30. The van der Waals surface area contributed by atoms with Gasteiger partial charge in [0.2, 0.25) is 5.91 Å². The van der Waals surface area contributed by atoms with Crippen LogP contribution in [0.15, 0.2) is 30.3 Å². The molecule has 0 aliphatic heterocycles. The summed E-state index contributed by atoms with van der Waals surface area (Å²) >= 11 is 0. The number of nitrogens with two attached hydrogens (primary N) is 2. The lowest BCUT2D eigenvalue weighted by atomic mass is 10.1. The molecule has 0 heterocycles. The SMILES string of the molecule is NC(=O)/C=C(\C(=O)O)c1ccc(N)cc1. The van der Waals surface area contributed by atoms with Crippen LogP contribution in [0.25, 0.3) is 5.57 Å². The summed E-state index contributed by atoms with van der Waals surface area (Å²) in [5, 5.41) is 8.84. The van der Waals surface area contributed by atoms with Crippen LogP contribution in [0.4, 0.5) is 5.69 Å². The number of carbonyl (C=O) groups is 2. The van der Waals surface area contributed by atoms with E-state index in [9.17, 15) is 9.59 Å². The third kappa shape index (κ3) is 2.84. The summed E-state index contributed by atoms with van der Waals surface area (Å²) in [6, 6.07) is 6.12. The number of aliphatic carboxylic acids is 1. The van der Waals surface area contributed by atoms with E-state index < -0.39 is 11.9 Å². The van der Waals surface area contributed by atoms with Gasteiger partial charge in [-0.15, -0.1) is 0 Å². The number of carbonyl (C=O) groups excluding carboxylic acids is 1. The molecule has 0 spiro atoms. The van der Waals surface area contributed by atoms with Crippen LogP contribution in [0, 0.1) is 0 Å². The number of anilines is 1. The summed E-state index contributed by atoms with van der Waals surface area (Å²) < 4.78 is 0. The van der Waals surface area contributed by atoms with E-state index in [1.165, 1.54) is 12.1 Å². The van der Waals surface area contributed by atoms with E-state index in [4.69, 9.17) is 16.6 Å². The molecule has 15 heavy (non-hydrogen) atoms. The molecule has 0 unspecified atom stereocenters. The van der Waals surface area contributed by atoms with Crippen molar-refractivity contribution in [3.05, 3.63) is 35.9 Å². The van der Waals surface area contributed by atoms with Crippen LogP contribution in [0.2, 0.25) is 0 Å². The van der Waals surface area contributed by atoms with E-state index >= 15 is 0 Å². The Bertz CT molecular complexity index is 421. The number of primary amides is 1. The molecule has 0 saturated heterocycles. The molecule has 1 aromatic carbocycles. The second-order valence-corrected chi connectivity index (χ2v) is 2.89. The summed E-state index contributed by atoms with van der Waals surface area (Å²) in [6.07, 6.45) is 0.869. The van der Waals surface area contributed by atoms with Crippen molar-refractivity contribution in [1.82, 2.24) is 0 Å². The first kappa shape index (κ1) is 10.8. The van der Waals surface area contributed by atoms with Crippen LogP contribution in [0.5, 0.6) is 0 Å². The third-order valence-corrected chi connectivity index (χ3v) is 1.74. The average molecular weight is 206 g/mol. The molecule has 0 fully saturated rings. The number of carboxylic acid groups (broad SMARTS) is 1. The van der Waals surface area contributed by atoms with Crippen molar-refractivity contribution in [2.24, 2.45) is 5.73 Å². The summed E-state index contributed by atoms with van der Waals surface area (Å²) in [4.78, 5) is 21.4. The molecular weight excluding hydrogens is 196 g/mol. The molecule has 78 valence electrons. The van der Waals surface area contributed by atoms with Crippen molar-refractivity contribution in [3.8, 4) is 0 Å². The molecule has 5 heteroatoms. The van der Waals surface area contributed by atoms with Gasteiger partial charge in [-0.2, -0.15) is 0 Å². The highest BCUT2D eigenvalue weighted by atomic mass is 16.4. The fourth-order valence-corrected chi connectivity index (χ4v) is 1.07. The highest BCUT2D eigenvalue weighted by Crippen LogP contribution is 2.16. The third-order valence-electron chi connectivity index (χ3n) is 1.74. The number of carboxylic acids is 1. The van der Waals surface area contributed by atoms with Gasteiger partial charge < -0.3 is 16.6 Å². The topological polar surface area (TPSA) is 106 Å². The average Bonchev–Trinajstić information content (AvgIpc) is 2.15. The van der Waals surface area contributed by atoms with Gasteiger partial charge in [0.15, 0.2) is 0 Å². The minimum atomic E-state index is -1.21. The highest BCUT2D eigenvalue weighted by molar-refractivity contribution is 6.20. The first-order valence-electron chi connectivity index (χ1n) is 4.11. The van der Waals surface area contributed by atoms with E-state index in [0.717, 1.165) is 6.08 Å². The maximum absolute atomic E-state index is 10.8. The molecule has 0 aromatic heterocycles. The van der Waals surface area contributed by atoms with Gasteiger partial charge in [-0.05, 0) is 17.7 Å². The first-order chi connectivity index (χ1) is 7.00. The Morgan fingerprint density at radius 3 is 2.13 bits per heavy atom. The van der Waals surface area contributed by atoms with Crippen molar-refractivity contribution in [1.29, 1.82) is 0 Å². The molecule has 1 aromatic rings. The van der Waals surface area contributed by atoms with E-state index in [0.29, 0.717) is 11.3 Å². The van der Waals surface area contributed by atoms with Gasteiger partial charge in [-0.3, -0.25) is 4.79 Å².